The van der Waals surface area contributed by atoms with E-state index >= 15 is 0 Å². The first-order valence-corrected chi connectivity index (χ1v) is 6.91. The van der Waals surface area contributed by atoms with Gasteiger partial charge in [0.2, 0.25) is 0 Å². The van der Waals surface area contributed by atoms with Gasteiger partial charge in [0.25, 0.3) is 0 Å². The van der Waals surface area contributed by atoms with E-state index in [-0.39, 0.29) is 17.5 Å². The zero-order valence-electron chi connectivity index (χ0n) is 11.8. The Hall–Kier alpha value is -2.00. The summed E-state index contributed by atoms with van der Waals surface area (Å²) in [5.74, 6) is -0.0911. The van der Waals surface area contributed by atoms with E-state index in [1.807, 2.05) is 0 Å². The Labute approximate surface area is 118 Å². The van der Waals surface area contributed by atoms with Crippen LogP contribution in [0.4, 0.5) is 0 Å². The zero-order valence-corrected chi connectivity index (χ0v) is 11.8. The molecule has 0 radical (unpaired) electrons. The van der Waals surface area contributed by atoms with E-state index in [0.29, 0.717) is 0 Å². The normalized spacial score (nSPS) is 17.8. The topological polar surface area (TPSA) is 52.5 Å². The van der Waals surface area contributed by atoms with Crippen LogP contribution in [0.25, 0.3) is 0 Å². The van der Waals surface area contributed by atoms with Gasteiger partial charge in [0.15, 0.2) is 11.5 Å². The summed E-state index contributed by atoms with van der Waals surface area (Å²) >= 11 is 0. The quantitative estimate of drug-likeness (QED) is 0.698. The maximum absolute atomic E-state index is 9.77. The lowest BCUT2D eigenvalue weighted by Gasteiger charge is -2.28. The number of aromatic hydroxyl groups is 2. The molecule has 1 unspecified atom stereocenters. The molecule has 0 saturated heterocycles. The highest BCUT2D eigenvalue weighted by molar-refractivity contribution is 5.50. The van der Waals surface area contributed by atoms with Crippen LogP contribution in [-0.2, 0) is 6.42 Å². The van der Waals surface area contributed by atoms with Crippen molar-refractivity contribution in [2.45, 2.75) is 26.3 Å². The molecule has 0 saturated carbocycles. The van der Waals surface area contributed by atoms with E-state index in [1.54, 1.807) is 12.1 Å². The van der Waals surface area contributed by atoms with Crippen molar-refractivity contribution in [1.82, 2.24) is 5.32 Å². The summed E-state index contributed by atoms with van der Waals surface area (Å²) in [5.41, 5.74) is 5.82. The van der Waals surface area contributed by atoms with Crippen molar-refractivity contribution in [3.05, 3.63) is 58.1 Å². The first-order valence-electron chi connectivity index (χ1n) is 6.91. The fourth-order valence-electron chi connectivity index (χ4n) is 3.06. The molecule has 3 nitrogen and oxygen atoms in total. The number of hydrogen-bond donors (Lipinski definition) is 3. The maximum atomic E-state index is 9.77. The molecule has 3 rings (SSSR count). The van der Waals surface area contributed by atoms with Crippen molar-refractivity contribution in [2.24, 2.45) is 0 Å². The fraction of sp³-hybridized carbons (Fsp3) is 0.294. The minimum atomic E-state index is -0.0539. The smallest absolute Gasteiger partial charge is 0.157 e. The Kier molecular flexibility index (Phi) is 3.14. The SMILES string of the molecule is Cc1cc(C)cc(C2NCCc3cc(O)c(O)cc32)c1. The Bertz CT molecular complexity index is 644. The van der Waals surface area contributed by atoms with Crippen molar-refractivity contribution in [1.29, 1.82) is 0 Å². The molecular formula is C17H19NO2. The van der Waals surface area contributed by atoms with Crippen molar-refractivity contribution >= 4 is 0 Å². The average Bonchev–Trinajstić information content (AvgIpc) is 2.38. The number of nitrogens with one attached hydrogen (secondary N) is 1. The monoisotopic (exact) mass is 269 g/mol. The van der Waals surface area contributed by atoms with Crippen molar-refractivity contribution in [2.75, 3.05) is 6.54 Å². The lowest BCUT2D eigenvalue weighted by molar-refractivity contribution is 0.400. The highest BCUT2D eigenvalue weighted by Crippen LogP contribution is 2.36. The fourth-order valence-corrected chi connectivity index (χ4v) is 3.06. The molecule has 20 heavy (non-hydrogen) atoms. The molecule has 1 heterocycles. The summed E-state index contributed by atoms with van der Waals surface area (Å²) in [7, 11) is 0. The highest BCUT2D eigenvalue weighted by atomic mass is 16.3. The number of benzene rings is 2. The number of phenolic OH excluding ortho intramolecular Hbond substituents is 2. The summed E-state index contributed by atoms with van der Waals surface area (Å²) < 4.78 is 0. The van der Waals surface area contributed by atoms with Crippen LogP contribution >= 0.6 is 0 Å². The van der Waals surface area contributed by atoms with Crippen molar-refractivity contribution in [3.63, 3.8) is 0 Å². The molecule has 0 spiro atoms. The number of aryl methyl sites for hydroxylation is 2. The highest BCUT2D eigenvalue weighted by Gasteiger charge is 2.23. The predicted molar refractivity (Wildman–Crippen MR) is 79.2 cm³/mol. The van der Waals surface area contributed by atoms with Crippen LogP contribution in [-0.4, -0.2) is 16.8 Å². The first kappa shape index (κ1) is 13.0. The molecule has 2 aromatic carbocycles. The third-order valence-corrected chi connectivity index (χ3v) is 3.87. The average molecular weight is 269 g/mol. The third-order valence-electron chi connectivity index (χ3n) is 3.87. The minimum absolute atomic E-state index is 0.0372. The summed E-state index contributed by atoms with van der Waals surface area (Å²) in [6.45, 7) is 5.05. The maximum Gasteiger partial charge on any atom is 0.157 e. The molecule has 3 heteroatoms. The van der Waals surface area contributed by atoms with Crippen LogP contribution in [0.5, 0.6) is 11.5 Å². The van der Waals surface area contributed by atoms with Gasteiger partial charge in [-0.2, -0.15) is 0 Å². The van der Waals surface area contributed by atoms with E-state index in [2.05, 4.69) is 37.4 Å². The molecule has 3 N–H and O–H groups in total. The second-order valence-electron chi connectivity index (χ2n) is 5.60. The van der Waals surface area contributed by atoms with Gasteiger partial charge in [-0.1, -0.05) is 29.3 Å². The van der Waals surface area contributed by atoms with Crippen LogP contribution in [0.2, 0.25) is 0 Å². The van der Waals surface area contributed by atoms with Crippen LogP contribution in [0, 0.1) is 13.8 Å². The second kappa shape index (κ2) is 4.84. The lowest BCUT2D eigenvalue weighted by Crippen LogP contribution is -2.30. The van der Waals surface area contributed by atoms with Crippen LogP contribution < -0.4 is 5.32 Å². The Morgan fingerprint density at radius 1 is 0.950 bits per heavy atom. The molecule has 0 fully saturated rings. The zero-order chi connectivity index (χ0) is 14.3. The molecule has 0 amide bonds. The van der Waals surface area contributed by atoms with Gasteiger partial charge < -0.3 is 15.5 Å². The van der Waals surface area contributed by atoms with Gasteiger partial charge in [0.1, 0.15) is 0 Å². The van der Waals surface area contributed by atoms with Crippen LogP contribution in [0.15, 0.2) is 30.3 Å². The van der Waals surface area contributed by atoms with Crippen molar-refractivity contribution < 1.29 is 10.2 Å². The summed E-state index contributed by atoms with van der Waals surface area (Å²) in [5, 5.41) is 22.9. The number of hydrogen-bond acceptors (Lipinski definition) is 3. The number of phenols is 2. The van der Waals surface area contributed by atoms with E-state index in [1.165, 1.54) is 16.7 Å². The number of fused-ring (bicyclic) bond motifs is 1. The van der Waals surface area contributed by atoms with Gasteiger partial charge in [-0.25, -0.2) is 0 Å². The molecule has 0 aromatic heterocycles. The van der Waals surface area contributed by atoms with Crippen LogP contribution in [0.1, 0.15) is 33.9 Å². The Balaban J connectivity index is 2.11. The first-order chi connectivity index (χ1) is 9.54. The minimum Gasteiger partial charge on any atom is -0.504 e. The van der Waals surface area contributed by atoms with E-state index in [0.717, 1.165) is 24.1 Å². The summed E-state index contributed by atoms with van der Waals surface area (Å²) in [6.07, 6.45) is 0.866. The van der Waals surface area contributed by atoms with Crippen molar-refractivity contribution in [3.8, 4) is 11.5 Å². The van der Waals surface area contributed by atoms with Gasteiger partial charge in [-0.3, -0.25) is 0 Å². The van der Waals surface area contributed by atoms with Gasteiger partial charge >= 0.3 is 0 Å². The summed E-state index contributed by atoms with van der Waals surface area (Å²) in [4.78, 5) is 0. The molecule has 1 aliphatic rings. The molecule has 0 aliphatic carbocycles. The molecule has 1 aliphatic heterocycles. The van der Waals surface area contributed by atoms with E-state index in [9.17, 15) is 10.2 Å². The van der Waals surface area contributed by atoms with E-state index < -0.39 is 0 Å². The summed E-state index contributed by atoms with van der Waals surface area (Å²) in [6, 6.07) is 9.93. The molecule has 1 atom stereocenters. The Morgan fingerprint density at radius 2 is 1.60 bits per heavy atom. The lowest BCUT2D eigenvalue weighted by atomic mass is 9.88. The third kappa shape index (κ3) is 2.25. The Morgan fingerprint density at radius 3 is 2.30 bits per heavy atom. The van der Waals surface area contributed by atoms with Gasteiger partial charge in [0, 0.05) is 6.54 Å². The molecule has 0 bridgehead atoms. The second-order valence-corrected chi connectivity index (χ2v) is 5.60. The van der Waals surface area contributed by atoms with Gasteiger partial charge in [0.05, 0.1) is 6.04 Å². The largest absolute Gasteiger partial charge is 0.504 e. The molecule has 104 valence electrons. The number of rotatable bonds is 1. The van der Waals surface area contributed by atoms with Crippen LogP contribution in [0.3, 0.4) is 0 Å². The standard InChI is InChI=1S/C17H19NO2/c1-10-5-11(2)7-13(6-10)17-14-9-16(20)15(19)8-12(14)3-4-18-17/h5-9,17-20H,3-4H2,1-2H3. The van der Waals surface area contributed by atoms with Gasteiger partial charge in [-0.15, -0.1) is 0 Å². The predicted octanol–water partition coefficient (Wildman–Crippen LogP) is 2.95. The molecular weight excluding hydrogens is 250 g/mol. The molecule has 2 aromatic rings. The van der Waals surface area contributed by atoms with E-state index in [4.69, 9.17) is 0 Å². The van der Waals surface area contributed by atoms with Gasteiger partial charge in [-0.05, 0) is 49.1 Å².